The van der Waals surface area contributed by atoms with Crippen LogP contribution in [0.15, 0.2) is 47.5 Å². The fourth-order valence-corrected chi connectivity index (χ4v) is 38.7. The summed E-state index contributed by atoms with van der Waals surface area (Å²) >= 11 is -4.65. The molecule has 2 aromatic carbocycles. The van der Waals surface area contributed by atoms with Crippen LogP contribution in [0.1, 0.15) is 108 Å². The molecule has 0 saturated carbocycles. The molecule has 0 N–H and O–H groups in total. The fraction of sp³-hybridized carbons (Fsp3) is 0.529. The zero-order valence-electron chi connectivity index (χ0n) is 25.0. The summed E-state index contributed by atoms with van der Waals surface area (Å²) in [6.45, 7) is 18.9. The van der Waals surface area contributed by atoms with Crippen LogP contribution in [0.3, 0.4) is 0 Å². The first-order valence-electron chi connectivity index (χ1n) is 15.2. The quantitative estimate of drug-likeness (QED) is 0.213. The average Bonchev–Trinajstić information content (AvgIpc) is 3.47. The molecule has 0 amide bonds. The van der Waals surface area contributed by atoms with Gasteiger partial charge in [-0.15, -0.1) is 0 Å². The third-order valence-corrected chi connectivity index (χ3v) is 61.2. The summed E-state index contributed by atoms with van der Waals surface area (Å²) in [5.74, 6) is -0.668. The normalized spacial score (nSPS) is 20.0. The van der Waals surface area contributed by atoms with Crippen molar-refractivity contribution in [2.75, 3.05) is 0 Å². The molecule has 38 heavy (non-hydrogen) atoms. The van der Waals surface area contributed by atoms with Crippen LogP contribution < -0.4 is 0 Å². The maximum atomic E-state index is 8.54. The molecule has 0 radical (unpaired) electrons. The molecule has 4 rings (SSSR count). The SMILES string of the molecule is CCCCc1cccc2c1C=C(C(C)C)[CH]2[Zr]([Cl])([Cl])([CH]1C(C(C)C)=Cc2c(CCCC)cccc21)[SiH](C)C. The fourth-order valence-electron chi connectivity index (χ4n) is 7.22. The summed E-state index contributed by atoms with van der Waals surface area (Å²) < 4.78 is 0.390. The van der Waals surface area contributed by atoms with Gasteiger partial charge in [-0.05, 0) is 0 Å². The van der Waals surface area contributed by atoms with Crippen molar-refractivity contribution < 1.29 is 15.6 Å². The third kappa shape index (κ3) is 5.08. The number of unbranched alkanes of at least 4 members (excludes halogenated alkanes) is 2. The Morgan fingerprint density at radius 1 is 0.711 bits per heavy atom. The van der Waals surface area contributed by atoms with Crippen molar-refractivity contribution in [2.24, 2.45) is 11.8 Å². The van der Waals surface area contributed by atoms with Gasteiger partial charge >= 0.3 is 244 Å². The van der Waals surface area contributed by atoms with Crippen LogP contribution in [0.4, 0.5) is 0 Å². The van der Waals surface area contributed by atoms with Gasteiger partial charge in [-0.3, -0.25) is 0 Å². The Kier molecular flexibility index (Phi) is 9.52. The van der Waals surface area contributed by atoms with E-state index in [1.165, 1.54) is 70.2 Å². The van der Waals surface area contributed by atoms with E-state index in [-0.39, 0.29) is 7.25 Å². The van der Waals surface area contributed by atoms with Gasteiger partial charge < -0.3 is 0 Å². The minimum absolute atomic E-state index is 0.195. The van der Waals surface area contributed by atoms with Gasteiger partial charge in [0.05, 0.1) is 0 Å². The molecule has 2 aromatic rings. The molecule has 0 aliphatic heterocycles. The van der Waals surface area contributed by atoms with Gasteiger partial charge in [0.25, 0.3) is 0 Å². The van der Waals surface area contributed by atoms with E-state index in [1.807, 2.05) is 0 Å². The van der Waals surface area contributed by atoms with E-state index in [2.05, 4.69) is 103 Å². The number of benzene rings is 2. The molecular formula is C34H49Cl2SiZr. The first kappa shape index (κ1) is 30.6. The van der Waals surface area contributed by atoms with Crippen molar-refractivity contribution in [3.8, 4) is 0 Å². The molecule has 2 aliphatic rings. The Morgan fingerprint density at radius 3 is 1.42 bits per heavy atom. The van der Waals surface area contributed by atoms with Crippen molar-refractivity contribution >= 4 is 35.1 Å². The Morgan fingerprint density at radius 2 is 1.11 bits per heavy atom. The number of allylic oxidation sites excluding steroid dienone is 2. The standard InChI is InChI=1S/2C16H21.C2H7Si.2ClH.Zr/c2*1-4-5-7-13-8-6-9-14-10-15(12(2)3)11-16(13)14;1-3-2;;;/h2*6,8-12H,4-5,7H2,1-3H3;3H,1-2H3;2*1H;/q;;;;;+2/p-2. The predicted molar refractivity (Wildman–Crippen MR) is 172 cm³/mol. The van der Waals surface area contributed by atoms with Crippen molar-refractivity contribution in [2.45, 2.75) is 100 Å². The topological polar surface area (TPSA) is 0 Å². The van der Waals surface area contributed by atoms with Crippen LogP contribution in [0, 0.1) is 11.8 Å². The second kappa shape index (κ2) is 11.8. The molecule has 0 saturated heterocycles. The van der Waals surface area contributed by atoms with Gasteiger partial charge in [0.1, 0.15) is 0 Å². The van der Waals surface area contributed by atoms with E-state index in [9.17, 15) is 0 Å². The molecule has 0 aromatic heterocycles. The van der Waals surface area contributed by atoms with E-state index in [1.54, 1.807) is 0 Å². The van der Waals surface area contributed by atoms with Crippen molar-refractivity contribution in [1.82, 2.24) is 0 Å². The first-order valence-corrected chi connectivity index (χ1v) is 31.5. The molecule has 207 valence electrons. The summed E-state index contributed by atoms with van der Waals surface area (Å²) in [4.78, 5) is 0. The summed E-state index contributed by atoms with van der Waals surface area (Å²) in [6, 6.07) is 14.0. The van der Waals surface area contributed by atoms with Crippen molar-refractivity contribution in [3.63, 3.8) is 0 Å². The average molecular weight is 648 g/mol. The number of fused-ring (bicyclic) bond motifs is 2. The first-order chi connectivity index (χ1) is 18.0. The zero-order chi connectivity index (χ0) is 27.9. The molecule has 0 heterocycles. The van der Waals surface area contributed by atoms with E-state index in [4.69, 9.17) is 17.0 Å². The monoisotopic (exact) mass is 645 g/mol. The predicted octanol–water partition coefficient (Wildman–Crippen LogP) is 11.2. The number of rotatable bonds is 11. The van der Waals surface area contributed by atoms with Crippen LogP contribution in [-0.2, 0) is 28.4 Å². The number of hydrogen-bond donors (Lipinski definition) is 0. The van der Waals surface area contributed by atoms with E-state index in [0.29, 0.717) is 11.8 Å². The molecule has 2 aliphatic carbocycles. The minimum atomic E-state index is -4.65. The van der Waals surface area contributed by atoms with Crippen molar-refractivity contribution in [3.05, 3.63) is 80.9 Å². The summed E-state index contributed by atoms with van der Waals surface area (Å²) in [6.07, 6.45) is 12.2. The van der Waals surface area contributed by atoms with Crippen LogP contribution >= 0.6 is 17.0 Å². The van der Waals surface area contributed by atoms with Gasteiger partial charge in [0.2, 0.25) is 0 Å². The van der Waals surface area contributed by atoms with Gasteiger partial charge in [-0.1, -0.05) is 0 Å². The van der Waals surface area contributed by atoms with Crippen molar-refractivity contribution in [1.29, 1.82) is 0 Å². The van der Waals surface area contributed by atoms with Crippen LogP contribution in [0.2, 0.25) is 13.1 Å². The number of halogens is 2. The van der Waals surface area contributed by atoms with E-state index < -0.39 is 21.5 Å². The summed E-state index contributed by atoms with van der Waals surface area (Å²) in [7, 11) is 17.1. The Balaban J connectivity index is 1.99. The van der Waals surface area contributed by atoms with Gasteiger partial charge in [-0.2, -0.15) is 0 Å². The van der Waals surface area contributed by atoms with E-state index in [0.717, 1.165) is 12.8 Å². The molecule has 0 bridgehead atoms. The summed E-state index contributed by atoms with van der Waals surface area (Å²) in [5, 5.41) is 0. The summed E-state index contributed by atoms with van der Waals surface area (Å²) in [5.41, 5.74) is 11.7. The van der Waals surface area contributed by atoms with Gasteiger partial charge in [0, 0.05) is 0 Å². The Labute approximate surface area is 242 Å². The van der Waals surface area contributed by atoms with Crippen LogP contribution in [-0.4, -0.2) is 5.92 Å². The van der Waals surface area contributed by atoms with Crippen LogP contribution in [0.5, 0.6) is 0 Å². The molecule has 2 atom stereocenters. The number of aryl methyl sites for hydroxylation is 2. The Hall–Kier alpha value is -0.400. The Bertz CT molecular complexity index is 1150. The second-order valence-electron chi connectivity index (χ2n) is 12.9. The molecule has 0 fully saturated rings. The number of hydrogen-bond acceptors (Lipinski definition) is 0. The molecule has 0 spiro atoms. The molecular weight excluding hydrogens is 599 g/mol. The second-order valence-corrected chi connectivity index (χ2v) is 55.4. The van der Waals surface area contributed by atoms with Gasteiger partial charge in [0.15, 0.2) is 0 Å². The van der Waals surface area contributed by atoms with Gasteiger partial charge in [-0.25, -0.2) is 0 Å². The molecule has 2 unspecified atom stereocenters. The molecule has 4 heteroatoms. The molecule has 0 nitrogen and oxygen atoms in total. The zero-order valence-corrected chi connectivity index (χ0v) is 30.1. The van der Waals surface area contributed by atoms with E-state index >= 15 is 0 Å². The maximum absolute atomic E-state index is 8.54. The van der Waals surface area contributed by atoms with Crippen LogP contribution in [0.25, 0.3) is 12.2 Å². The third-order valence-electron chi connectivity index (χ3n) is 9.51.